The standard InChI is InChI=1S/C13H20N2O3.ClH/c1-8(14)13(16)15-9(2)10-5-6-11(17-3)12(7-10)18-4;/h5-9H,14H2,1-4H3,(H,15,16);1H. The van der Waals surface area contributed by atoms with E-state index in [1.807, 2.05) is 25.1 Å². The molecule has 1 rings (SSSR count). The van der Waals surface area contributed by atoms with E-state index in [0.717, 1.165) is 5.56 Å². The molecule has 0 bridgehead atoms. The van der Waals surface area contributed by atoms with Gasteiger partial charge in [0.2, 0.25) is 5.91 Å². The minimum Gasteiger partial charge on any atom is -0.493 e. The first-order valence-electron chi connectivity index (χ1n) is 5.77. The van der Waals surface area contributed by atoms with Crippen molar-refractivity contribution in [3.05, 3.63) is 23.8 Å². The zero-order valence-electron chi connectivity index (χ0n) is 11.6. The number of carbonyl (C=O) groups excluding carboxylic acids is 1. The van der Waals surface area contributed by atoms with Gasteiger partial charge in [-0.05, 0) is 31.5 Å². The minimum absolute atomic E-state index is 0. The van der Waals surface area contributed by atoms with Crippen LogP contribution in [-0.2, 0) is 4.79 Å². The number of rotatable bonds is 5. The Labute approximate surface area is 119 Å². The zero-order chi connectivity index (χ0) is 13.7. The second kappa shape index (κ2) is 7.86. The van der Waals surface area contributed by atoms with Gasteiger partial charge in [0, 0.05) is 0 Å². The van der Waals surface area contributed by atoms with Gasteiger partial charge in [-0.3, -0.25) is 4.79 Å². The van der Waals surface area contributed by atoms with Crippen LogP contribution in [0.5, 0.6) is 11.5 Å². The van der Waals surface area contributed by atoms with E-state index in [1.54, 1.807) is 21.1 Å². The third-order valence-corrected chi connectivity index (χ3v) is 2.68. The highest BCUT2D eigenvalue weighted by molar-refractivity contribution is 5.85. The molecule has 0 heterocycles. The summed E-state index contributed by atoms with van der Waals surface area (Å²) in [5.74, 6) is 1.11. The van der Waals surface area contributed by atoms with Crippen molar-refractivity contribution >= 4 is 18.3 Å². The molecule has 1 aromatic carbocycles. The van der Waals surface area contributed by atoms with Crippen molar-refractivity contribution < 1.29 is 14.3 Å². The molecule has 0 aromatic heterocycles. The van der Waals surface area contributed by atoms with Gasteiger partial charge >= 0.3 is 0 Å². The van der Waals surface area contributed by atoms with Crippen LogP contribution in [0.1, 0.15) is 25.5 Å². The topological polar surface area (TPSA) is 73.6 Å². The van der Waals surface area contributed by atoms with Gasteiger partial charge in [0.1, 0.15) is 0 Å². The number of hydrogen-bond acceptors (Lipinski definition) is 4. The third-order valence-electron chi connectivity index (χ3n) is 2.68. The highest BCUT2D eigenvalue weighted by atomic mass is 35.5. The van der Waals surface area contributed by atoms with Gasteiger partial charge in [-0.25, -0.2) is 0 Å². The molecule has 0 aliphatic carbocycles. The van der Waals surface area contributed by atoms with E-state index >= 15 is 0 Å². The molecule has 2 atom stereocenters. The molecule has 1 aromatic rings. The second-order valence-corrected chi connectivity index (χ2v) is 4.13. The lowest BCUT2D eigenvalue weighted by molar-refractivity contribution is -0.122. The van der Waals surface area contributed by atoms with Gasteiger partial charge < -0.3 is 20.5 Å². The summed E-state index contributed by atoms with van der Waals surface area (Å²) < 4.78 is 10.4. The van der Waals surface area contributed by atoms with Gasteiger partial charge in [0.25, 0.3) is 0 Å². The number of halogens is 1. The predicted octanol–water partition coefficient (Wildman–Crippen LogP) is 1.65. The van der Waals surface area contributed by atoms with Crippen LogP contribution in [-0.4, -0.2) is 26.2 Å². The van der Waals surface area contributed by atoms with Gasteiger partial charge in [-0.15, -0.1) is 12.4 Å². The number of methoxy groups -OCH3 is 2. The van der Waals surface area contributed by atoms with Gasteiger partial charge in [-0.2, -0.15) is 0 Å². The van der Waals surface area contributed by atoms with Crippen LogP contribution in [0.3, 0.4) is 0 Å². The van der Waals surface area contributed by atoms with Crippen LogP contribution in [0, 0.1) is 0 Å². The second-order valence-electron chi connectivity index (χ2n) is 4.13. The van der Waals surface area contributed by atoms with E-state index in [1.165, 1.54) is 0 Å². The minimum atomic E-state index is -0.521. The van der Waals surface area contributed by atoms with Crippen LogP contribution < -0.4 is 20.5 Å². The lowest BCUT2D eigenvalue weighted by atomic mass is 10.1. The number of carbonyl (C=O) groups is 1. The Morgan fingerprint density at radius 1 is 1.21 bits per heavy atom. The Morgan fingerprint density at radius 2 is 1.79 bits per heavy atom. The molecule has 0 saturated heterocycles. The van der Waals surface area contributed by atoms with Crippen molar-refractivity contribution in [1.82, 2.24) is 5.32 Å². The van der Waals surface area contributed by atoms with E-state index < -0.39 is 6.04 Å². The molecule has 0 saturated carbocycles. The van der Waals surface area contributed by atoms with E-state index in [4.69, 9.17) is 15.2 Å². The van der Waals surface area contributed by atoms with E-state index in [-0.39, 0.29) is 24.4 Å². The monoisotopic (exact) mass is 288 g/mol. The van der Waals surface area contributed by atoms with Crippen LogP contribution in [0.4, 0.5) is 0 Å². The van der Waals surface area contributed by atoms with Gasteiger partial charge in [0.15, 0.2) is 11.5 Å². The van der Waals surface area contributed by atoms with Crippen LogP contribution in [0.2, 0.25) is 0 Å². The van der Waals surface area contributed by atoms with E-state index in [0.29, 0.717) is 11.5 Å². The molecule has 3 N–H and O–H groups in total. The fraction of sp³-hybridized carbons (Fsp3) is 0.462. The van der Waals surface area contributed by atoms with Crippen molar-refractivity contribution in [1.29, 1.82) is 0 Å². The third kappa shape index (κ3) is 4.61. The maximum atomic E-state index is 11.5. The first-order valence-corrected chi connectivity index (χ1v) is 5.77. The Balaban J connectivity index is 0.00000324. The summed E-state index contributed by atoms with van der Waals surface area (Å²) in [5, 5.41) is 2.82. The highest BCUT2D eigenvalue weighted by Gasteiger charge is 2.14. The van der Waals surface area contributed by atoms with Crippen molar-refractivity contribution in [3.8, 4) is 11.5 Å². The van der Waals surface area contributed by atoms with Crippen LogP contribution in [0.25, 0.3) is 0 Å². The molecule has 5 nitrogen and oxygen atoms in total. The maximum Gasteiger partial charge on any atom is 0.237 e. The van der Waals surface area contributed by atoms with Gasteiger partial charge in [-0.1, -0.05) is 6.07 Å². The highest BCUT2D eigenvalue weighted by Crippen LogP contribution is 2.29. The maximum absolute atomic E-state index is 11.5. The summed E-state index contributed by atoms with van der Waals surface area (Å²) >= 11 is 0. The van der Waals surface area contributed by atoms with Crippen molar-refractivity contribution in [2.45, 2.75) is 25.9 Å². The number of nitrogens with two attached hydrogens (primary N) is 1. The molecule has 0 spiro atoms. The normalized spacial score (nSPS) is 12.9. The molecule has 6 heteroatoms. The van der Waals surface area contributed by atoms with Crippen LogP contribution in [0.15, 0.2) is 18.2 Å². The average Bonchev–Trinajstić information content (AvgIpc) is 2.37. The summed E-state index contributed by atoms with van der Waals surface area (Å²) in [6.45, 7) is 3.54. The Morgan fingerprint density at radius 3 is 2.26 bits per heavy atom. The van der Waals surface area contributed by atoms with Crippen molar-refractivity contribution in [2.75, 3.05) is 14.2 Å². The molecular weight excluding hydrogens is 268 g/mol. The number of ether oxygens (including phenoxy) is 2. The largest absolute Gasteiger partial charge is 0.493 e. The molecule has 2 unspecified atom stereocenters. The molecule has 0 aliphatic rings. The summed E-state index contributed by atoms with van der Waals surface area (Å²) in [7, 11) is 3.16. The number of amides is 1. The van der Waals surface area contributed by atoms with Gasteiger partial charge in [0.05, 0.1) is 26.3 Å². The summed E-state index contributed by atoms with van der Waals surface area (Å²) in [6.07, 6.45) is 0. The zero-order valence-corrected chi connectivity index (χ0v) is 12.4. The van der Waals surface area contributed by atoms with Crippen molar-refractivity contribution in [3.63, 3.8) is 0 Å². The number of nitrogens with one attached hydrogen (secondary N) is 1. The number of hydrogen-bond donors (Lipinski definition) is 2. The lowest BCUT2D eigenvalue weighted by Gasteiger charge is -2.17. The SMILES string of the molecule is COc1ccc(C(C)NC(=O)C(C)N)cc1OC.Cl. The fourth-order valence-electron chi connectivity index (χ4n) is 1.55. The van der Waals surface area contributed by atoms with Crippen LogP contribution >= 0.6 is 12.4 Å². The Hall–Kier alpha value is -1.46. The molecule has 1 amide bonds. The Bertz CT molecular complexity index is 424. The quantitative estimate of drug-likeness (QED) is 0.864. The summed E-state index contributed by atoms with van der Waals surface area (Å²) in [4.78, 5) is 11.5. The summed E-state index contributed by atoms with van der Waals surface area (Å²) in [6, 6.07) is 4.87. The number of benzene rings is 1. The predicted molar refractivity (Wildman–Crippen MR) is 77.0 cm³/mol. The molecule has 19 heavy (non-hydrogen) atoms. The smallest absolute Gasteiger partial charge is 0.237 e. The molecule has 0 aliphatic heterocycles. The first-order chi connectivity index (χ1) is 8.49. The van der Waals surface area contributed by atoms with Crippen molar-refractivity contribution in [2.24, 2.45) is 5.73 Å². The molecule has 0 fully saturated rings. The van der Waals surface area contributed by atoms with E-state index in [9.17, 15) is 4.79 Å². The molecule has 0 radical (unpaired) electrons. The lowest BCUT2D eigenvalue weighted by Crippen LogP contribution is -2.39. The molecule has 108 valence electrons. The Kier molecular flexibility index (Phi) is 7.26. The molecular formula is C13H21ClN2O3. The fourth-order valence-corrected chi connectivity index (χ4v) is 1.55. The summed E-state index contributed by atoms with van der Waals surface area (Å²) in [5.41, 5.74) is 6.44. The van der Waals surface area contributed by atoms with E-state index in [2.05, 4.69) is 5.32 Å². The first kappa shape index (κ1) is 17.5. The average molecular weight is 289 g/mol.